The third kappa shape index (κ3) is 1.99. The van der Waals surface area contributed by atoms with Crippen molar-refractivity contribution in [3.63, 3.8) is 0 Å². The summed E-state index contributed by atoms with van der Waals surface area (Å²) in [5, 5.41) is 0. The van der Waals surface area contributed by atoms with Gasteiger partial charge in [-0.05, 0) is 44.0 Å². The fraction of sp³-hybridized carbons (Fsp3) is 0.312. The summed E-state index contributed by atoms with van der Waals surface area (Å²) in [4.78, 5) is 12.4. The average molecular weight is 242 g/mol. The highest BCUT2D eigenvalue weighted by atomic mass is 16.5. The molecule has 0 bridgehead atoms. The summed E-state index contributed by atoms with van der Waals surface area (Å²) < 4.78 is 5.15. The van der Waals surface area contributed by atoms with Gasteiger partial charge in [0.15, 0.2) is 5.78 Å². The molecule has 0 saturated heterocycles. The molecule has 0 heterocycles. The van der Waals surface area contributed by atoms with Gasteiger partial charge in [-0.15, -0.1) is 0 Å². The fourth-order valence-corrected chi connectivity index (χ4v) is 2.53. The zero-order chi connectivity index (χ0) is 13.3. The number of hydrogen-bond acceptors (Lipinski definition) is 2. The van der Waals surface area contributed by atoms with Gasteiger partial charge in [-0.25, -0.2) is 0 Å². The molecule has 0 aliphatic heterocycles. The zero-order valence-electron chi connectivity index (χ0n) is 11.3. The Balaban J connectivity index is 2.47. The van der Waals surface area contributed by atoms with Gasteiger partial charge in [-0.2, -0.15) is 0 Å². The lowest BCUT2D eigenvalue weighted by Gasteiger charge is -2.29. The summed E-state index contributed by atoms with van der Waals surface area (Å²) in [5.74, 6) is 0.969. The maximum atomic E-state index is 12.4. The monoisotopic (exact) mass is 242 g/mol. The summed E-state index contributed by atoms with van der Waals surface area (Å²) in [7, 11) is 1.64. The van der Waals surface area contributed by atoms with Crippen LogP contribution in [-0.2, 0) is 10.2 Å². The standard InChI is InChI=1S/C16H18O2/c1-11-9-12(2)15(17)16(3,10-11)13-5-7-14(18-4)8-6-13/h5-10H,1-4H3. The van der Waals surface area contributed by atoms with E-state index in [1.807, 2.05) is 57.2 Å². The quantitative estimate of drug-likeness (QED) is 0.794. The Hall–Kier alpha value is -1.83. The van der Waals surface area contributed by atoms with E-state index in [2.05, 4.69) is 0 Å². The van der Waals surface area contributed by atoms with Crippen molar-refractivity contribution >= 4 is 5.78 Å². The molecule has 0 amide bonds. The molecule has 94 valence electrons. The van der Waals surface area contributed by atoms with E-state index < -0.39 is 5.41 Å². The SMILES string of the molecule is COc1ccc(C2(C)C=C(C)C=C(C)C2=O)cc1. The summed E-state index contributed by atoms with van der Waals surface area (Å²) in [6.07, 6.45) is 3.97. The first kappa shape index (κ1) is 12.6. The van der Waals surface area contributed by atoms with E-state index in [1.54, 1.807) is 7.11 Å². The molecule has 1 aliphatic carbocycles. The fourth-order valence-electron chi connectivity index (χ4n) is 2.53. The van der Waals surface area contributed by atoms with E-state index in [9.17, 15) is 4.79 Å². The van der Waals surface area contributed by atoms with Crippen LogP contribution in [0.2, 0.25) is 0 Å². The number of carbonyl (C=O) groups excluding carboxylic acids is 1. The molecule has 0 aromatic heterocycles. The molecule has 0 fully saturated rings. The lowest BCUT2D eigenvalue weighted by Crippen LogP contribution is -2.33. The first-order valence-corrected chi connectivity index (χ1v) is 6.04. The number of carbonyl (C=O) groups is 1. The Bertz CT molecular complexity index is 535. The van der Waals surface area contributed by atoms with Gasteiger partial charge in [-0.3, -0.25) is 4.79 Å². The second-order valence-electron chi connectivity index (χ2n) is 4.98. The van der Waals surface area contributed by atoms with Crippen molar-refractivity contribution in [2.24, 2.45) is 0 Å². The van der Waals surface area contributed by atoms with Crippen LogP contribution < -0.4 is 4.74 Å². The van der Waals surface area contributed by atoms with Crippen LogP contribution in [0.25, 0.3) is 0 Å². The van der Waals surface area contributed by atoms with E-state index >= 15 is 0 Å². The van der Waals surface area contributed by atoms with Crippen LogP contribution in [0, 0.1) is 0 Å². The third-order valence-corrected chi connectivity index (χ3v) is 3.48. The Labute approximate surface area is 108 Å². The second kappa shape index (κ2) is 4.45. The summed E-state index contributed by atoms with van der Waals surface area (Å²) in [6.45, 7) is 5.87. The van der Waals surface area contributed by atoms with Crippen LogP contribution in [-0.4, -0.2) is 12.9 Å². The average Bonchev–Trinajstić information content (AvgIpc) is 2.36. The van der Waals surface area contributed by atoms with Crippen molar-refractivity contribution in [3.8, 4) is 5.75 Å². The van der Waals surface area contributed by atoms with Crippen molar-refractivity contribution in [2.75, 3.05) is 7.11 Å². The molecule has 1 aromatic carbocycles. The molecule has 0 radical (unpaired) electrons. The molecule has 2 heteroatoms. The number of methoxy groups -OCH3 is 1. The van der Waals surface area contributed by atoms with Crippen LogP contribution in [0.5, 0.6) is 5.75 Å². The van der Waals surface area contributed by atoms with Gasteiger partial charge in [0, 0.05) is 0 Å². The van der Waals surface area contributed by atoms with Gasteiger partial charge < -0.3 is 4.74 Å². The van der Waals surface area contributed by atoms with Crippen molar-refractivity contribution in [1.29, 1.82) is 0 Å². The lowest BCUT2D eigenvalue weighted by atomic mass is 9.72. The first-order valence-electron chi connectivity index (χ1n) is 6.04. The van der Waals surface area contributed by atoms with Crippen LogP contribution in [0.3, 0.4) is 0 Å². The Morgan fingerprint density at radius 3 is 2.28 bits per heavy atom. The lowest BCUT2D eigenvalue weighted by molar-refractivity contribution is -0.119. The smallest absolute Gasteiger partial charge is 0.172 e. The largest absolute Gasteiger partial charge is 0.497 e. The van der Waals surface area contributed by atoms with Crippen molar-refractivity contribution in [3.05, 3.63) is 53.1 Å². The highest BCUT2D eigenvalue weighted by Gasteiger charge is 2.35. The second-order valence-corrected chi connectivity index (χ2v) is 4.98. The number of ketones is 1. The van der Waals surface area contributed by atoms with Gasteiger partial charge >= 0.3 is 0 Å². The normalized spacial score (nSPS) is 23.4. The molecule has 2 rings (SSSR count). The van der Waals surface area contributed by atoms with Crippen LogP contribution in [0.4, 0.5) is 0 Å². The van der Waals surface area contributed by atoms with Gasteiger partial charge in [-0.1, -0.05) is 29.9 Å². The number of Topliss-reactive ketones (excluding diaryl/α,β-unsaturated/α-hetero) is 1. The Kier molecular flexibility index (Phi) is 3.12. The van der Waals surface area contributed by atoms with E-state index in [0.29, 0.717) is 0 Å². The van der Waals surface area contributed by atoms with E-state index in [1.165, 1.54) is 0 Å². The molecule has 0 N–H and O–H groups in total. The predicted molar refractivity (Wildman–Crippen MR) is 72.9 cm³/mol. The van der Waals surface area contributed by atoms with Crippen molar-refractivity contribution in [1.82, 2.24) is 0 Å². The number of ether oxygens (including phenoxy) is 1. The molecule has 0 spiro atoms. The van der Waals surface area contributed by atoms with Gasteiger partial charge in [0.25, 0.3) is 0 Å². The van der Waals surface area contributed by atoms with E-state index in [4.69, 9.17) is 4.74 Å². The molecule has 1 atom stereocenters. The molecule has 1 aliphatic rings. The number of allylic oxidation sites excluding steroid dienone is 4. The van der Waals surface area contributed by atoms with Gasteiger partial charge in [0.05, 0.1) is 12.5 Å². The van der Waals surface area contributed by atoms with Gasteiger partial charge in [0.2, 0.25) is 0 Å². The molecule has 1 aromatic rings. The summed E-state index contributed by atoms with van der Waals surface area (Å²) in [5.41, 5.74) is 2.38. The number of hydrogen-bond donors (Lipinski definition) is 0. The summed E-state index contributed by atoms with van der Waals surface area (Å²) in [6, 6.07) is 7.70. The maximum Gasteiger partial charge on any atom is 0.172 e. The summed E-state index contributed by atoms with van der Waals surface area (Å²) >= 11 is 0. The Morgan fingerprint density at radius 2 is 1.72 bits per heavy atom. The minimum atomic E-state index is -0.560. The van der Waals surface area contributed by atoms with E-state index in [0.717, 1.165) is 22.5 Å². The highest BCUT2D eigenvalue weighted by Crippen LogP contribution is 2.34. The number of rotatable bonds is 2. The third-order valence-electron chi connectivity index (χ3n) is 3.48. The minimum absolute atomic E-state index is 0.165. The van der Waals surface area contributed by atoms with Crippen molar-refractivity contribution in [2.45, 2.75) is 26.2 Å². The van der Waals surface area contributed by atoms with Gasteiger partial charge in [0.1, 0.15) is 5.75 Å². The molecule has 2 nitrogen and oxygen atoms in total. The van der Waals surface area contributed by atoms with Crippen molar-refractivity contribution < 1.29 is 9.53 Å². The molecular formula is C16H18O2. The van der Waals surface area contributed by atoms with Crippen LogP contribution in [0.15, 0.2) is 47.6 Å². The molecule has 18 heavy (non-hydrogen) atoms. The first-order chi connectivity index (χ1) is 8.47. The maximum absolute atomic E-state index is 12.4. The van der Waals surface area contributed by atoms with E-state index in [-0.39, 0.29) is 5.78 Å². The molecular weight excluding hydrogens is 224 g/mol. The van der Waals surface area contributed by atoms with Crippen LogP contribution in [0.1, 0.15) is 26.3 Å². The number of benzene rings is 1. The topological polar surface area (TPSA) is 26.3 Å². The predicted octanol–water partition coefficient (Wildman–Crippen LogP) is 3.43. The highest BCUT2D eigenvalue weighted by molar-refractivity contribution is 6.06. The zero-order valence-corrected chi connectivity index (χ0v) is 11.3. The molecule has 1 unspecified atom stereocenters. The van der Waals surface area contributed by atoms with Crippen LogP contribution >= 0.6 is 0 Å². The Morgan fingerprint density at radius 1 is 1.11 bits per heavy atom. The minimum Gasteiger partial charge on any atom is -0.497 e. The molecule has 0 saturated carbocycles.